The molecule has 144 valence electrons. The van der Waals surface area contributed by atoms with Gasteiger partial charge >= 0.3 is 5.97 Å². The number of aromatic nitrogens is 1. The molecule has 4 rings (SSSR count). The van der Waals surface area contributed by atoms with Crippen molar-refractivity contribution in [3.05, 3.63) is 65.9 Å². The number of para-hydroxylation sites is 2. The van der Waals surface area contributed by atoms with E-state index in [0.717, 1.165) is 35.0 Å². The summed E-state index contributed by atoms with van der Waals surface area (Å²) in [6.07, 6.45) is 1.79. The molecule has 28 heavy (non-hydrogen) atoms. The minimum absolute atomic E-state index is 0.0832. The van der Waals surface area contributed by atoms with Gasteiger partial charge in [-0.1, -0.05) is 36.4 Å². The van der Waals surface area contributed by atoms with Gasteiger partial charge in [0.2, 0.25) is 0 Å². The van der Waals surface area contributed by atoms with Crippen molar-refractivity contribution in [3.8, 4) is 0 Å². The number of carbonyl (C=O) groups excluding carboxylic acids is 2. The number of benzene rings is 2. The second-order valence-electron chi connectivity index (χ2n) is 7.15. The Labute approximate surface area is 164 Å². The monoisotopic (exact) mass is 376 g/mol. The van der Waals surface area contributed by atoms with Crippen molar-refractivity contribution in [2.24, 2.45) is 7.05 Å². The van der Waals surface area contributed by atoms with Crippen LogP contribution in [0.3, 0.4) is 0 Å². The Morgan fingerprint density at radius 3 is 2.64 bits per heavy atom. The third-order valence-corrected chi connectivity index (χ3v) is 5.46. The van der Waals surface area contributed by atoms with Crippen molar-refractivity contribution in [1.29, 1.82) is 0 Å². The first-order valence-corrected chi connectivity index (χ1v) is 9.71. The second-order valence-corrected chi connectivity index (χ2v) is 7.15. The van der Waals surface area contributed by atoms with Gasteiger partial charge in [-0.15, -0.1) is 0 Å². The summed E-state index contributed by atoms with van der Waals surface area (Å²) in [7, 11) is 1.91. The minimum atomic E-state index is -0.262. The van der Waals surface area contributed by atoms with Crippen LogP contribution in [0.15, 0.2) is 54.6 Å². The highest BCUT2D eigenvalue weighted by Crippen LogP contribution is 2.34. The molecule has 0 fully saturated rings. The average Bonchev–Trinajstić information content (AvgIpc) is 3.04. The molecule has 1 atom stereocenters. The van der Waals surface area contributed by atoms with Gasteiger partial charge in [0.25, 0.3) is 5.91 Å². The normalized spacial score (nSPS) is 16.1. The lowest BCUT2D eigenvalue weighted by atomic mass is 9.93. The Balaban J connectivity index is 1.76. The quantitative estimate of drug-likeness (QED) is 0.645. The van der Waals surface area contributed by atoms with Crippen LogP contribution in [0.2, 0.25) is 0 Å². The lowest BCUT2D eigenvalue weighted by Crippen LogP contribution is -2.45. The molecule has 1 aliphatic rings. The van der Waals surface area contributed by atoms with Gasteiger partial charge in [-0.25, -0.2) is 0 Å². The maximum absolute atomic E-state index is 13.7. The summed E-state index contributed by atoms with van der Waals surface area (Å²) >= 11 is 0. The molecular formula is C23H24N2O3. The number of fused-ring (bicyclic) bond motifs is 2. The van der Waals surface area contributed by atoms with Crippen molar-refractivity contribution in [3.63, 3.8) is 0 Å². The van der Waals surface area contributed by atoms with Crippen molar-refractivity contribution < 1.29 is 14.3 Å². The van der Waals surface area contributed by atoms with Crippen LogP contribution in [-0.4, -0.2) is 29.1 Å². The van der Waals surface area contributed by atoms with Crippen LogP contribution in [-0.2, 0) is 23.0 Å². The molecule has 0 bridgehead atoms. The van der Waals surface area contributed by atoms with Crippen molar-refractivity contribution in [2.45, 2.75) is 32.2 Å². The summed E-state index contributed by atoms with van der Waals surface area (Å²) in [5.41, 5.74) is 3.65. The first kappa shape index (κ1) is 18.3. The number of anilines is 1. The Morgan fingerprint density at radius 2 is 1.86 bits per heavy atom. The summed E-state index contributed by atoms with van der Waals surface area (Å²) in [6, 6.07) is 17.6. The number of hydrogen-bond donors (Lipinski definition) is 0. The summed E-state index contributed by atoms with van der Waals surface area (Å²) in [6.45, 7) is 2.14. The Kier molecular flexibility index (Phi) is 4.90. The summed E-state index contributed by atoms with van der Waals surface area (Å²) in [5.74, 6) is -0.345. The van der Waals surface area contributed by atoms with Gasteiger partial charge in [0, 0.05) is 29.7 Å². The van der Waals surface area contributed by atoms with E-state index in [0.29, 0.717) is 12.3 Å². The molecule has 0 saturated carbocycles. The van der Waals surface area contributed by atoms with Crippen LogP contribution >= 0.6 is 0 Å². The predicted molar refractivity (Wildman–Crippen MR) is 110 cm³/mol. The van der Waals surface area contributed by atoms with Gasteiger partial charge < -0.3 is 14.2 Å². The van der Waals surface area contributed by atoms with E-state index in [4.69, 9.17) is 4.74 Å². The molecule has 5 nitrogen and oxygen atoms in total. The zero-order valence-corrected chi connectivity index (χ0v) is 16.2. The van der Waals surface area contributed by atoms with Crippen LogP contribution in [0.5, 0.6) is 0 Å². The molecule has 0 radical (unpaired) electrons. The molecule has 0 spiro atoms. The van der Waals surface area contributed by atoms with Crippen molar-refractivity contribution in [1.82, 2.24) is 4.57 Å². The predicted octanol–water partition coefficient (Wildman–Crippen LogP) is 4.09. The molecule has 2 aromatic carbocycles. The standard InChI is InChI=1S/C23H24N2O3/c1-3-28-22(26)15-18-13-12-16-8-4-7-11-20(16)25(18)23(27)21-14-17-9-5-6-10-19(17)24(21)2/h4-11,14,18H,3,12-13,15H2,1-2H3. The van der Waals surface area contributed by atoms with Gasteiger partial charge in [-0.2, -0.15) is 0 Å². The molecule has 0 saturated heterocycles. The zero-order valence-electron chi connectivity index (χ0n) is 16.2. The summed E-state index contributed by atoms with van der Waals surface area (Å²) < 4.78 is 7.08. The van der Waals surface area contributed by atoms with Crippen LogP contribution in [0.25, 0.3) is 10.9 Å². The highest BCUT2D eigenvalue weighted by molar-refractivity contribution is 6.09. The van der Waals surface area contributed by atoms with Gasteiger partial charge in [0.1, 0.15) is 5.69 Å². The lowest BCUT2D eigenvalue weighted by molar-refractivity contribution is -0.143. The minimum Gasteiger partial charge on any atom is -0.466 e. The Hall–Kier alpha value is -3.08. The summed E-state index contributed by atoms with van der Waals surface area (Å²) in [4.78, 5) is 27.6. The van der Waals surface area contributed by atoms with Gasteiger partial charge in [-0.3, -0.25) is 9.59 Å². The van der Waals surface area contributed by atoms with Crippen LogP contribution < -0.4 is 4.90 Å². The number of ether oxygens (including phenoxy) is 1. The highest BCUT2D eigenvalue weighted by Gasteiger charge is 2.34. The molecule has 1 unspecified atom stereocenters. The van der Waals surface area contributed by atoms with Crippen LogP contribution in [0, 0.1) is 0 Å². The SMILES string of the molecule is CCOC(=O)CC1CCc2ccccc2N1C(=O)c1cc2ccccc2n1C. The van der Waals surface area contributed by atoms with Crippen molar-refractivity contribution >= 4 is 28.5 Å². The first-order chi connectivity index (χ1) is 13.6. The molecular weight excluding hydrogens is 352 g/mol. The third-order valence-electron chi connectivity index (χ3n) is 5.46. The van der Waals surface area contributed by atoms with Crippen LogP contribution in [0.4, 0.5) is 5.69 Å². The number of nitrogens with zero attached hydrogens (tertiary/aromatic N) is 2. The largest absolute Gasteiger partial charge is 0.466 e. The van der Waals surface area contributed by atoms with E-state index in [1.807, 2.05) is 60.1 Å². The average molecular weight is 376 g/mol. The first-order valence-electron chi connectivity index (χ1n) is 9.71. The Bertz CT molecular complexity index is 1040. The van der Waals surface area contributed by atoms with Crippen LogP contribution in [0.1, 0.15) is 35.8 Å². The molecule has 3 aromatic rings. The fourth-order valence-electron chi connectivity index (χ4n) is 4.10. The molecule has 1 amide bonds. The number of esters is 1. The fourth-order valence-corrected chi connectivity index (χ4v) is 4.10. The smallest absolute Gasteiger partial charge is 0.307 e. The molecule has 1 aromatic heterocycles. The van der Waals surface area contributed by atoms with Gasteiger partial charge in [-0.05, 0) is 43.5 Å². The molecule has 5 heteroatoms. The number of carbonyl (C=O) groups is 2. The molecule has 0 aliphatic carbocycles. The van der Waals surface area contributed by atoms with Crippen molar-refractivity contribution in [2.75, 3.05) is 11.5 Å². The second kappa shape index (κ2) is 7.50. The molecule has 0 N–H and O–H groups in total. The van der Waals surface area contributed by atoms with E-state index in [2.05, 4.69) is 6.07 Å². The summed E-state index contributed by atoms with van der Waals surface area (Å²) in [5, 5.41) is 1.03. The molecule has 2 heterocycles. The van der Waals surface area contributed by atoms with E-state index in [1.165, 1.54) is 0 Å². The molecule has 1 aliphatic heterocycles. The number of rotatable bonds is 4. The maximum Gasteiger partial charge on any atom is 0.307 e. The fraction of sp³-hybridized carbons (Fsp3) is 0.304. The Morgan fingerprint density at radius 1 is 1.11 bits per heavy atom. The number of amides is 1. The topological polar surface area (TPSA) is 51.5 Å². The van der Waals surface area contributed by atoms with E-state index in [-0.39, 0.29) is 24.3 Å². The number of aryl methyl sites for hydroxylation is 2. The number of hydrogen-bond acceptors (Lipinski definition) is 3. The van der Waals surface area contributed by atoms with E-state index in [9.17, 15) is 9.59 Å². The van der Waals surface area contributed by atoms with Gasteiger partial charge in [0.05, 0.1) is 13.0 Å². The maximum atomic E-state index is 13.7. The lowest BCUT2D eigenvalue weighted by Gasteiger charge is -2.37. The zero-order chi connectivity index (χ0) is 19.7. The van der Waals surface area contributed by atoms with Gasteiger partial charge in [0.15, 0.2) is 0 Å². The van der Waals surface area contributed by atoms with E-state index < -0.39 is 0 Å². The highest BCUT2D eigenvalue weighted by atomic mass is 16.5. The third kappa shape index (κ3) is 3.17. The van der Waals surface area contributed by atoms with E-state index in [1.54, 1.807) is 11.8 Å². The van der Waals surface area contributed by atoms with E-state index >= 15 is 0 Å².